The maximum atomic E-state index is 5.51. The molecule has 5 rings (SSSR count). The number of fused-ring (bicyclic) bond motifs is 1. The Bertz CT molecular complexity index is 1270. The van der Waals surface area contributed by atoms with Gasteiger partial charge in [-0.05, 0) is 13.0 Å². The predicted octanol–water partition coefficient (Wildman–Crippen LogP) is 2.39. The fourth-order valence-electron chi connectivity index (χ4n) is 3.83. The fraction of sp³-hybridized carbons (Fsp3) is 0.318. The van der Waals surface area contributed by atoms with Gasteiger partial charge >= 0.3 is 0 Å². The van der Waals surface area contributed by atoms with Crippen LogP contribution in [0.1, 0.15) is 11.5 Å². The van der Waals surface area contributed by atoms with E-state index >= 15 is 0 Å². The van der Waals surface area contributed by atoms with Crippen LogP contribution in [0.3, 0.4) is 0 Å². The Balaban J connectivity index is 1.43. The molecule has 0 saturated carbocycles. The normalized spacial score (nSPS) is 14.5. The first-order valence-electron chi connectivity index (χ1n) is 10.5. The van der Waals surface area contributed by atoms with E-state index in [2.05, 4.69) is 30.4 Å². The third kappa shape index (κ3) is 3.80. The number of benzene rings is 1. The van der Waals surface area contributed by atoms with Gasteiger partial charge in [-0.25, -0.2) is 14.3 Å². The molecule has 10 nitrogen and oxygen atoms in total. The summed E-state index contributed by atoms with van der Waals surface area (Å²) in [4.78, 5) is 16.3. The van der Waals surface area contributed by atoms with E-state index in [1.54, 1.807) is 15.6 Å². The van der Waals surface area contributed by atoms with Crippen LogP contribution < -0.4 is 10.2 Å². The summed E-state index contributed by atoms with van der Waals surface area (Å²) in [5.74, 6) is 2.79. The molecule has 1 saturated heterocycles. The van der Waals surface area contributed by atoms with Crippen LogP contribution in [-0.2, 0) is 18.8 Å². The predicted molar refractivity (Wildman–Crippen MR) is 123 cm³/mol. The molecule has 164 valence electrons. The Morgan fingerprint density at radius 2 is 1.75 bits per heavy atom. The Morgan fingerprint density at radius 3 is 2.53 bits per heavy atom. The average molecular weight is 432 g/mol. The van der Waals surface area contributed by atoms with Crippen molar-refractivity contribution in [2.75, 3.05) is 36.5 Å². The second kappa shape index (κ2) is 8.39. The minimum Gasteiger partial charge on any atom is -0.378 e. The van der Waals surface area contributed by atoms with Crippen LogP contribution in [0.2, 0.25) is 0 Å². The summed E-state index contributed by atoms with van der Waals surface area (Å²) in [5.41, 5.74) is 2.68. The maximum Gasteiger partial charge on any atom is 0.230 e. The van der Waals surface area contributed by atoms with Gasteiger partial charge in [0.15, 0.2) is 17.3 Å². The largest absolute Gasteiger partial charge is 0.378 e. The summed E-state index contributed by atoms with van der Waals surface area (Å²) < 4.78 is 9.05. The van der Waals surface area contributed by atoms with Gasteiger partial charge < -0.3 is 15.0 Å². The Labute approximate surface area is 185 Å². The van der Waals surface area contributed by atoms with E-state index in [1.165, 1.54) is 0 Å². The maximum absolute atomic E-state index is 5.51. The van der Waals surface area contributed by atoms with Gasteiger partial charge in [0.1, 0.15) is 5.82 Å². The third-order valence-corrected chi connectivity index (χ3v) is 5.42. The zero-order valence-corrected chi connectivity index (χ0v) is 18.4. The number of aryl methyl sites for hydroxylation is 3. The van der Waals surface area contributed by atoms with Crippen molar-refractivity contribution in [1.29, 1.82) is 0 Å². The molecule has 3 aromatic heterocycles. The van der Waals surface area contributed by atoms with E-state index in [9.17, 15) is 0 Å². The number of nitrogens with one attached hydrogen (secondary N) is 1. The molecule has 32 heavy (non-hydrogen) atoms. The van der Waals surface area contributed by atoms with Crippen molar-refractivity contribution in [3.05, 3.63) is 48.1 Å². The van der Waals surface area contributed by atoms with Crippen molar-refractivity contribution < 1.29 is 4.74 Å². The third-order valence-electron chi connectivity index (χ3n) is 5.42. The monoisotopic (exact) mass is 431 g/mol. The van der Waals surface area contributed by atoms with Crippen LogP contribution in [0.4, 0.5) is 11.8 Å². The quantitative estimate of drug-likeness (QED) is 0.514. The number of hydrogen-bond donors (Lipinski definition) is 1. The van der Waals surface area contributed by atoms with Gasteiger partial charge in [-0.3, -0.25) is 0 Å². The van der Waals surface area contributed by atoms with E-state index in [-0.39, 0.29) is 0 Å². The summed E-state index contributed by atoms with van der Waals surface area (Å²) in [6.45, 7) is 4.93. The molecule has 10 heteroatoms. The fourth-order valence-corrected chi connectivity index (χ4v) is 3.83. The molecule has 4 heterocycles. The number of morpholine rings is 1. The zero-order valence-electron chi connectivity index (χ0n) is 18.4. The lowest BCUT2D eigenvalue weighted by molar-refractivity contribution is 0.122. The van der Waals surface area contributed by atoms with Crippen LogP contribution in [0.15, 0.2) is 36.5 Å². The van der Waals surface area contributed by atoms with Gasteiger partial charge in [0.2, 0.25) is 5.95 Å². The number of anilines is 2. The average Bonchev–Trinajstić information content (AvgIpc) is 3.33. The number of aromatic nitrogens is 7. The number of nitrogens with zero attached hydrogens (tertiary/aromatic N) is 8. The molecular weight excluding hydrogens is 406 g/mol. The first-order valence-corrected chi connectivity index (χ1v) is 10.5. The van der Waals surface area contributed by atoms with E-state index < -0.39 is 0 Å². The van der Waals surface area contributed by atoms with E-state index in [1.807, 2.05) is 57.4 Å². The van der Waals surface area contributed by atoms with Gasteiger partial charge in [-0.2, -0.15) is 20.2 Å². The highest BCUT2D eigenvalue weighted by Gasteiger charge is 2.21. The molecule has 0 spiro atoms. The van der Waals surface area contributed by atoms with Crippen LogP contribution in [0.5, 0.6) is 0 Å². The highest BCUT2D eigenvalue weighted by atomic mass is 16.5. The molecule has 0 aliphatic carbocycles. The SMILES string of the molecule is Cc1nn(C)c2nc(N/C=C/c3nc(-c4ccccc4)nn3C)nc(N3CCOCC3)c12. The smallest absolute Gasteiger partial charge is 0.230 e. The molecule has 0 radical (unpaired) electrons. The molecule has 1 fully saturated rings. The molecule has 1 aromatic carbocycles. The van der Waals surface area contributed by atoms with Crippen LogP contribution in [-0.4, -0.2) is 60.8 Å². The Hall–Kier alpha value is -3.79. The van der Waals surface area contributed by atoms with Gasteiger partial charge in [-0.1, -0.05) is 30.3 Å². The highest BCUT2D eigenvalue weighted by Crippen LogP contribution is 2.28. The van der Waals surface area contributed by atoms with E-state index in [0.29, 0.717) is 25.0 Å². The summed E-state index contributed by atoms with van der Waals surface area (Å²) >= 11 is 0. The summed E-state index contributed by atoms with van der Waals surface area (Å²) in [7, 11) is 3.77. The van der Waals surface area contributed by atoms with E-state index in [4.69, 9.17) is 9.72 Å². The lowest BCUT2D eigenvalue weighted by atomic mass is 10.2. The number of ether oxygens (including phenoxy) is 1. The van der Waals surface area contributed by atoms with Crippen molar-refractivity contribution >= 4 is 28.9 Å². The molecule has 0 unspecified atom stereocenters. The number of rotatable bonds is 5. The summed E-state index contributed by atoms with van der Waals surface area (Å²) in [5, 5.41) is 13.2. The first kappa shape index (κ1) is 20.1. The molecule has 1 N–H and O–H groups in total. The molecule has 4 aromatic rings. The first-order chi connectivity index (χ1) is 15.6. The van der Waals surface area contributed by atoms with Gasteiger partial charge in [0, 0.05) is 38.9 Å². The van der Waals surface area contributed by atoms with Crippen LogP contribution >= 0.6 is 0 Å². The molecule has 1 aliphatic heterocycles. The molecule has 0 atom stereocenters. The highest BCUT2D eigenvalue weighted by molar-refractivity contribution is 5.91. The van der Waals surface area contributed by atoms with Crippen molar-refractivity contribution in [1.82, 2.24) is 34.5 Å². The topological polar surface area (TPSA) is 98.8 Å². The van der Waals surface area contributed by atoms with Crippen LogP contribution in [0, 0.1) is 6.92 Å². The van der Waals surface area contributed by atoms with Gasteiger partial charge in [-0.15, -0.1) is 0 Å². The molecular formula is C22H25N9O. The molecule has 1 aliphatic rings. The van der Waals surface area contributed by atoms with Crippen molar-refractivity contribution in [3.63, 3.8) is 0 Å². The van der Waals surface area contributed by atoms with Gasteiger partial charge in [0.05, 0.1) is 24.3 Å². The number of hydrogen-bond acceptors (Lipinski definition) is 8. The molecule has 0 amide bonds. The summed E-state index contributed by atoms with van der Waals surface area (Å²) in [6.07, 6.45) is 3.64. The van der Waals surface area contributed by atoms with Crippen molar-refractivity contribution in [2.45, 2.75) is 6.92 Å². The minimum absolute atomic E-state index is 0.503. The van der Waals surface area contributed by atoms with Crippen molar-refractivity contribution in [3.8, 4) is 11.4 Å². The lowest BCUT2D eigenvalue weighted by Gasteiger charge is -2.28. The lowest BCUT2D eigenvalue weighted by Crippen LogP contribution is -2.37. The minimum atomic E-state index is 0.503. The summed E-state index contributed by atoms with van der Waals surface area (Å²) in [6, 6.07) is 9.91. The van der Waals surface area contributed by atoms with E-state index in [0.717, 1.165) is 47.0 Å². The Morgan fingerprint density at radius 1 is 0.969 bits per heavy atom. The second-order valence-electron chi connectivity index (χ2n) is 7.64. The van der Waals surface area contributed by atoms with Crippen LogP contribution in [0.25, 0.3) is 28.5 Å². The second-order valence-corrected chi connectivity index (χ2v) is 7.64. The standard InChI is InChI=1S/C22H25N9O/c1-15-18-20(30(3)27-15)25-22(26-21(18)31-11-13-32-14-12-31)23-10-9-17-24-19(28-29(17)2)16-7-5-4-6-8-16/h4-10H,11-14H2,1-3H3,(H,23,25,26)/b10-9+. The zero-order chi connectivity index (χ0) is 22.1. The Kier molecular flexibility index (Phi) is 5.28. The van der Waals surface area contributed by atoms with Crippen molar-refractivity contribution in [2.24, 2.45) is 14.1 Å². The molecule has 0 bridgehead atoms. The van der Waals surface area contributed by atoms with Gasteiger partial charge in [0.25, 0.3) is 0 Å².